The summed E-state index contributed by atoms with van der Waals surface area (Å²) >= 11 is 5.83. The lowest BCUT2D eigenvalue weighted by Gasteiger charge is -2.13. The van der Waals surface area contributed by atoms with Gasteiger partial charge >= 0.3 is 0 Å². The van der Waals surface area contributed by atoms with E-state index < -0.39 is 15.9 Å². The third-order valence-corrected chi connectivity index (χ3v) is 5.50. The van der Waals surface area contributed by atoms with E-state index in [4.69, 9.17) is 20.8 Å². The van der Waals surface area contributed by atoms with Crippen LogP contribution in [0.1, 0.15) is 16.1 Å². The lowest BCUT2D eigenvalue weighted by Crippen LogP contribution is -2.23. The van der Waals surface area contributed by atoms with Crippen molar-refractivity contribution >= 4 is 33.2 Å². The van der Waals surface area contributed by atoms with E-state index in [1.54, 1.807) is 36.4 Å². The quantitative estimate of drug-likeness (QED) is 0.607. The molecule has 0 spiro atoms. The van der Waals surface area contributed by atoms with Crippen molar-refractivity contribution in [3.05, 3.63) is 77.2 Å². The van der Waals surface area contributed by atoms with Gasteiger partial charge in [0.1, 0.15) is 11.5 Å². The summed E-state index contributed by atoms with van der Waals surface area (Å²) in [5.41, 5.74) is 0.596. The molecule has 7 nitrogen and oxygen atoms in total. The zero-order valence-electron chi connectivity index (χ0n) is 14.8. The van der Waals surface area contributed by atoms with Gasteiger partial charge in [-0.3, -0.25) is 4.79 Å². The molecule has 0 atom stereocenters. The van der Waals surface area contributed by atoms with Crippen LogP contribution in [0.2, 0.25) is 5.02 Å². The largest absolute Gasteiger partial charge is 0.495 e. The number of sulfonamides is 1. The molecule has 1 heterocycles. The van der Waals surface area contributed by atoms with Gasteiger partial charge in [0.15, 0.2) is 0 Å². The van der Waals surface area contributed by atoms with Crippen LogP contribution in [0, 0.1) is 0 Å². The summed E-state index contributed by atoms with van der Waals surface area (Å²) in [4.78, 5) is 12.4. The number of methoxy groups -OCH3 is 1. The Morgan fingerprint density at radius 1 is 1.14 bits per heavy atom. The first-order valence-corrected chi connectivity index (χ1v) is 10.0. The van der Waals surface area contributed by atoms with Crippen molar-refractivity contribution < 1.29 is 22.4 Å². The van der Waals surface area contributed by atoms with Crippen LogP contribution in [0.15, 0.2) is 70.2 Å². The Balaban J connectivity index is 1.82. The van der Waals surface area contributed by atoms with Gasteiger partial charge in [-0.2, -0.15) is 0 Å². The second-order valence-corrected chi connectivity index (χ2v) is 7.93. The summed E-state index contributed by atoms with van der Waals surface area (Å²) in [5, 5.41) is 3.17. The second-order valence-electron chi connectivity index (χ2n) is 5.73. The zero-order valence-corrected chi connectivity index (χ0v) is 16.4. The zero-order chi connectivity index (χ0) is 20.1. The van der Waals surface area contributed by atoms with Crippen LogP contribution in [0.4, 0.5) is 5.69 Å². The molecular formula is C19H17ClN2O5S. The number of ether oxygens (including phenoxy) is 1. The molecule has 0 saturated heterocycles. The number of carbonyl (C=O) groups excluding carboxylic acids is 1. The fraction of sp³-hybridized carbons (Fsp3) is 0.105. The molecule has 0 fully saturated rings. The molecule has 0 aliphatic heterocycles. The molecule has 2 N–H and O–H groups in total. The average Bonchev–Trinajstić information content (AvgIpc) is 3.20. The van der Waals surface area contributed by atoms with Gasteiger partial charge in [-0.15, -0.1) is 0 Å². The predicted octanol–water partition coefficient (Wildman–Crippen LogP) is 3.67. The van der Waals surface area contributed by atoms with Crippen LogP contribution in [0.3, 0.4) is 0 Å². The number of furan rings is 1. The summed E-state index contributed by atoms with van der Waals surface area (Å²) in [6.45, 7) is 0.00777. The van der Waals surface area contributed by atoms with Crippen LogP contribution < -0.4 is 14.8 Å². The van der Waals surface area contributed by atoms with Gasteiger partial charge in [-0.1, -0.05) is 11.6 Å². The molecule has 1 aromatic heterocycles. The van der Waals surface area contributed by atoms with Crippen molar-refractivity contribution in [3.63, 3.8) is 0 Å². The van der Waals surface area contributed by atoms with E-state index in [0.29, 0.717) is 22.1 Å². The summed E-state index contributed by atoms with van der Waals surface area (Å²) in [5.74, 6) is 0.383. The first kappa shape index (κ1) is 19.9. The van der Waals surface area contributed by atoms with Crippen LogP contribution in [0.25, 0.3) is 0 Å². The van der Waals surface area contributed by atoms with Crippen molar-refractivity contribution in [3.8, 4) is 5.75 Å². The van der Waals surface area contributed by atoms with Crippen LogP contribution >= 0.6 is 11.6 Å². The average molecular weight is 421 g/mol. The number of rotatable bonds is 7. The summed E-state index contributed by atoms with van der Waals surface area (Å²) in [6.07, 6.45) is 1.46. The smallest absolute Gasteiger partial charge is 0.255 e. The monoisotopic (exact) mass is 420 g/mol. The topological polar surface area (TPSA) is 97.6 Å². The molecule has 28 heavy (non-hydrogen) atoms. The van der Waals surface area contributed by atoms with Crippen LogP contribution in [-0.4, -0.2) is 21.4 Å². The number of hydrogen-bond acceptors (Lipinski definition) is 5. The van der Waals surface area contributed by atoms with Gasteiger partial charge in [0.05, 0.1) is 30.5 Å². The highest BCUT2D eigenvalue weighted by atomic mass is 35.5. The first-order valence-electron chi connectivity index (χ1n) is 8.16. The third kappa shape index (κ3) is 4.72. The lowest BCUT2D eigenvalue weighted by molar-refractivity contribution is 0.102. The first-order chi connectivity index (χ1) is 13.4. The van der Waals surface area contributed by atoms with Gasteiger partial charge in [-0.05, 0) is 54.6 Å². The van der Waals surface area contributed by atoms with E-state index in [9.17, 15) is 13.2 Å². The third-order valence-electron chi connectivity index (χ3n) is 3.85. The molecule has 1 amide bonds. The van der Waals surface area contributed by atoms with Gasteiger partial charge in [-0.25, -0.2) is 13.1 Å². The Bertz CT molecular complexity index is 1060. The number of hydrogen-bond donors (Lipinski definition) is 2. The molecule has 0 saturated carbocycles. The van der Waals surface area contributed by atoms with Gasteiger partial charge in [0.2, 0.25) is 10.0 Å². The van der Waals surface area contributed by atoms with Crippen molar-refractivity contribution in [1.82, 2.24) is 4.72 Å². The standard InChI is InChI=1S/C19H17ClN2O5S/c1-26-18-9-8-16(28(24,25)21-12-15-3-2-10-27-15)11-17(18)22-19(23)13-4-6-14(20)7-5-13/h2-11,21H,12H2,1H3,(H,22,23). The molecule has 0 aliphatic rings. The molecule has 3 rings (SSSR count). The number of amides is 1. The van der Waals surface area contributed by atoms with Crippen molar-refractivity contribution in [2.24, 2.45) is 0 Å². The Kier molecular flexibility index (Phi) is 6.03. The van der Waals surface area contributed by atoms with E-state index in [2.05, 4.69) is 10.0 Å². The maximum absolute atomic E-state index is 12.6. The minimum absolute atomic E-state index is 0.00777. The highest BCUT2D eigenvalue weighted by Gasteiger charge is 2.18. The van der Waals surface area contributed by atoms with E-state index in [1.165, 1.54) is 31.6 Å². The SMILES string of the molecule is COc1ccc(S(=O)(=O)NCc2ccco2)cc1NC(=O)c1ccc(Cl)cc1. The molecule has 3 aromatic rings. The molecule has 0 aliphatic carbocycles. The van der Waals surface area contributed by atoms with Crippen LogP contribution in [-0.2, 0) is 16.6 Å². The Morgan fingerprint density at radius 2 is 1.89 bits per heavy atom. The summed E-state index contributed by atoms with van der Waals surface area (Å²) < 4.78 is 37.9. The molecular weight excluding hydrogens is 404 g/mol. The fourth-order valence-corrected chi connectivity index (χ4v) is 3.56. The maximum Gasteiger partial charge on any atom is 0.255 e. The molecule has 0 unspecified atom stereocenters. The number of nitrogens with one attached hydrogen (secondary N) is 2. The van der Waals surface area contributed by atoms with Gasteiger partial charge < -0.3 is 14.5 Å². The second kappa shape index (κ2) is 8.47. The Hall–Kier alpha value is -2.81. The van der Waals surface area contributed by atoms with Crippen molar-refractivity contribution in [1.29, 1.82) is 0 Å². The maximum atomic E-state index is 12.6. The normalized spacial score (nSPS) is 11.2. The summed E-state index contributed by atoms with van der Waals surface area (Å²) in [6, 6.07) is 13.8. The van der Waals surface area contributed by atoms with E-state index >= 15 is 0 Å². The Labute approximate surface area is 167 Å². The van der Waals surface area contributed by atoms with Crippen molar-refractivity contribution in [2.75, 3.05) is 12.4 Å². The minimum Gasteiger partial charge on any atom is -0.495 e. The number of carbonyl (C=O) groups is 1. The highest BCUT2D eigenvalue weighted by Crippen LogP contribution is 2.28. The van der Waals surface area contributed by atoms with Gasteiger partial charge in [0.25, 0.3) is 5.91 Å². The highest BCUT2D eigenvalue weighted by molar-refractivity contribution is 7.89. The number of benzene rings is 2. The molecule has 9 heteroatoms. The fourth-order valence-electron chi connectivity index (χ4n) is 2.41. The van der Waals surface area contributed by atoms with Crippen LogP contribution in [0.5, 0.6) is 5.75 Å². The number of halogens is 1. The van der Waals surface area contributed by atoms with E-state index in [0.717, 1.165) is 0 Å². The Morgan fingerprint density at radius 3 is 2.54 bits per heavy atom. The van der Waals surface area contributed by atoms with Crippen molar-refractivity contribution in [2.45, 2.75) is 11.4 Å². The molecule has 2 aromatic carbocycles. The molecule has 146 valence electrons. The minimum atomic E-state index is -3.82. The molecule has 0 bridgehead atoms. The van der Waals surface area contributed by atoms with E-state index in [1.807, 2.05) is 0 Å². The van der Waals surface area contributed by atoms with Gasteiger partial charge in [0, 0.05) is 10.6 Å². The predicted molar refractivity (Wildman–Crippen MR) is 105 cm³/mol. The van der Waals surface area contributed by atoms with E-state index in [-0.39, 0.29) is 17.1 Å². The number of anilines is 1. The lowest BCUT2D eigenvalue weighted by atomic mass is 10.2. The summed E-state index contributed by atoms with van der Waals surface area (Å²) in [7, 11) is -2.40. The molecule has 0 radical (unpaired) electrons.